The van der Waals surface area contributed by atoms with Gasteiger partial charge in [-0.25, -0.2) is 0 Å². The van der Waals surface area contributed by atoms with Gasteiger partial charge >= 0.3 is 6.18 Å². The third-order valence-electron chi connectivity index (χ3n) is 4.29. The van der Waals surface area contributed by atoms with Crippen LogP contribution in [-0.2, 0) is 23.9 Å². The number of rotatable bonds is 5. The number of hydrogen-bond donors (Lipinski definition) is 1. The molecule has 2 aromatic rings. The lowest BCUT2D eigenvalue weighted by Crippen LogP contribution is -2.17. The number of anilines is 1. The quantitative estimate of drug-likeness (QED) is 0.645. The van der Waals surface area contributed by atoms with Crippen molar-refractivity contribution < 1.29 is 22.6 Å². The van der Waals surface area contributed by atoms with E-state index in [1.165, 1.54) is 24.8 Å². The number of halogens is 3. The molecule has 0 heterocycles. The average molecular weight is 397 g/mol. The van der Waals surface area contributed by atoms with Gasteiger partial charge in [-0.15, -0.1) is 0 Å². The second-order valence-electron chi connectivity index (χ2n) is 6.13. The fourth-order valence-electron chi connectivity index (χ4n) is 2.82. The molecule has 2 aromatic carbocycles. The van der Waals surface area contributed by atoms with Gasteiger partial charge in [0, 0.05) is 11.3 Å². The second kappa shape index (κ2) is 8.61. The smallest absolute Gasteiger partial charge is 0.416 e. The van der Waals surface area contributed by atoms with Gasteiger partial charge in [0.05, 0.1) is 12.7 Å². The van der Waals surface area contributed by atoms with Crippen molar-refractivity contribution in [3.63, 3.8) is 0 Å². The lowest BCUT2D eigenvalue weighted by molar-refractivity contribution is -0.138. The summed E-state index contributed by atoms with van der Waals surface area (Å²) >= 11 is 4.92. The SMILES string of the molecule is CCc1cc(C)c(OCc2c(NC(=S)OC)cccc2C(F)(F)F)cc1C. The fraction of sp³-hybridized carbons (Fsp3) is 0.350. The third-order valence-corrected chi connectivity index (χ3v) is 4.56. The Bertz CT molecular complexity index is 835. The van der Waals surface area contributed by atoms with Crippen LogP contribution in [0.4, 0.5) is 18.9 Å². The molecule has 0 bridgehead atoms. The van der Waals surface area contributed by atoms with Gasteiger partial charge in [-0.05, 0) is 67.4 Å². The van der Waals surface area contributed by atoms with E-state index >= 15 is 0 Å². The topological polar surface area (TPSA) is 30.5 Å². The fourth-order valence-corrected chi connectivity index (χ4v) is 2.93. The van der Waals surface area contributed by atoms with Crippen molar-refractivity contribution in [1.29, 1.82) is 0 Å². The summed E-state index contributed by atoms with van der Waals surface area (Å²) in [6.45, 7) is 5.64. The van der Waals surface area contributed by atoms with Gasteiger partial charge in [0.1, 0.15) is 12.4 Å². The molecule has 0 spiro atoms. The number of benzene rings is 2. The molecule has 0 atom stereocenters. The molecule has 0 saturated carbocycles. The van der Waals surface area contributed by atoms with Crippen LogP contribution < -0.4 is 10.1 Å². The third kappa shape index (κ3) is 5.13. The molecule has 1 N–H and O–H groups in total. The van der Waals surface area contributed by atoms with Crippen molar-refractivity contribution in [3.8, 4) is 5.75 Å². The van der Waals surface area contributed by atoms with Gasteiger partial charge in [-0.3, -0.25) is 0 Å². The number of hydrogen-bond acceptors (Lipinski definition) is 3. The van der Waals surface area contributed by atoms with Crippen LogP contribution in [0.15, 0.2) is 30.3 Å². The van der Waals surface area contributed by atoms with E-state index in [1.54, 1.807) is 0 Å². The molecular weight excluding hydrogens is 375 g/mol. The van der Waals surface area contributed by atoms with E-state index in [2.05, 4.69) is 12.2 Å². The predicted octanol–water partition coefficient (Wildman–Crippen LogP) is 5.81. The number of aryl methyl sites for hydroxylation is 3. The van der Waals surface area contributed by atoms with E-state index in [0.717, 1.165) is 23.6 Å². The van der Waals surface area contributed by atoms with Gasteiger partial charge in [0.15, 0.2) is 0 Å². The summed E-state index contributed by atoms with van der Waals surface area (Å²) in [6.07, 6.45) is -3.63. The first-order valence-corrected chi connectivity index (χ1v) is 8.85. The summed E-state index contributed by atoms with van der Waals surface area (Å²) < 4.78 is 51.0. The minimum absolute atomic E-state index is 0.0186. The van der Waals surface area contributed by atoms with Gasteiger partial charge in [-0.1, -0.05) is 19.1 Å². The lowest BCUT2D eigenvalue weighted by Gasteiger charge is -2.19. The highest BCUT2D eigenvalue weighted by Gasteiger charge is 2.34. The van der Waals surface area contributed by atoms with Crippen molar-refractivity contribution >= 4 is 23.1 Å². The Morgan fingerprint density at radius 3 is 2.44 bits per heavy atom. The zero-order valence-electron chi connectivity index (χ0n) is 15.7. The summed E-state index contributed by atoms with van der Waals surface area (Å²) in [4.78, 5) is 0. The second-order valence-corrected chi connectivity index (χ2v) is 6.50. The molecule has 2 rings (SSSR count). The first-order valence-electron chi connectivity index (χ1n) is 8.44. The molecule has 0 fully saturated rings. The zero-order valence-corrected chi connectivity index (χ0v) is 16.5. The maximum absolute atomic E-state index is 13.5. The Morgan fingerprint density at radius 2 is 1.85 bits per heavy atom. The molecule has 0 radical (unpaired) electrons. The van der Waals surface area contributed by atoms with Crippen LogP contribution in [0.5, 0.6) is 5.75 Å². The number of alkyl halides is 3. The van der Waals surface area contributed by atoms with Gasteiger partial charge < -0.3 is 14.8 Å². The van der Waals surface area contributed by atoms with Gasteiger partial charge in [0.2, 0.25) is 0 Å². The van der Waals surface area contributed by atoms with Crippen LogP contribution in [0.1, 0.15) is 34.7 Å². The Morgan fingerprint density at radius 1 is 1.15 bits per heavy atom. The van der Waals surface area contributed by atoms with Gasteiger partial charge in [-0.2, -0.15) is 13.2 Å². The first-order chi connectivity index (χ1) is 12.7. The first kappa shape index (κ1) is 21.0. The molecule has 3 nitrogen and oxygen atoms in total. The van der Waals surface area contributed by atoms with E-state index in [1.807, 2.05) is 26.0 Å². The summed E-state index contributed by atoms with van der Waals surface area (Å²) in [5.74, 6) is 0.557. The van der Waals surface area contributed by atoms with Gasteiger partial charge in [0.25, 0.3) is 5.17 Å². The molecule has 0 aliphatic rings. The summed E-state index contributed by atoms with van der Waals surface area (Å²) in [7, 11) is 1.35. The molecule has 0 unspecified atom stereocenters. The van der Waals surface area contributed by atoms with Crippen LogP contribution in [0.3, 0.4) is 0 Å². The lowest BCUT2D eigenvalue weighted by atomic mass is 10.0. The molecule has 0 aliphatic heterocycles. The molecule has 0 amide bonds. The summed E-state index contributed by atoms with van der Waals surface area (Å²) in [6, 6.07) is 7.71. The Kier molecular flexibility index (Phi) is 6.70. The van der Waals surface area contributed by atoms with Crippen molar-refractivity contribution in [2.75, 3.05) is 12.4 Å². The van der Waals surface area contributed by atoms with Crippen molar-refractivity contribution in [2.45, 2.75) is 40.0 Å². The van der Waals surface area contributed by atoms with E-state index in [4.69, 9.17) is 21.7 Å². The summed E-state index contributed by atoms with van der Waals surface area (Å²) in [5.41, 5.74) is 2.51. The average Bonchev–Trinajstić information content (AvgIpc) is 2.61. The van der Waals surface area contributed by atoms with E-state index < -0.39 is 11.7 Å². The van der Waals surface area contributed by atoms with Crippen LogP contribution in [0, 0.1) is 13.8 Å². The highest BCUT2D eigenvalue weighted by atomic mass is 32.1. The number of nitrogens with one attached hydrogen (secondary N) is 1. The van der Waals surface area contributed by atoms with Crippen molar-refractivity contribution in [3.05, 3.63) is 58.1 Å². The van der Waals surface area contributed by atoms with Crippen LogP contribution in [0.2, 0.25) is 0 Å². The van der Waals surface area contributed by atoms with E-state index in [-0.39, 0.29) is 23.0 Å². The molecule has 27 heavy (non-hydrogen) atoms. The minimum Gasteiger partial charge on any atom is -0.489 e. The van der Waals surface area contributed by atoms with Crippen LogP contribution in [-0.4, -0.2) is 12.3 Å². The maximum atomic E-state index is 13.5. The Hall–Kier alpha value is -2.28. The highest BCUT2D eigenvalue weighted by Crippen LogP contribution is 2.36. The standard InChI is InChI=1S/C20H22F3NO2S/c1-5-14-9-13(3)18(10-12(14)2)26-11-15-16(20(21,22)23)7-6-8-17(15)24-19(27)25-4/h6-10H,5,11H2,1-4H3,(H,24,27). The molecule has 0 aromatic heterocycles. The number of thiocarbonyl (C=S) groups is 1. The maximum Gasteiger partial charge on any atom is 0.416 e. The Balaban J connectivity index is 2.39. The number of ether oxygens (including phenoxy) is 2. The zero-order chi connectivity index (χ0) is 20.2. The number of methoxy groups -OCH3 is 1. The van der Waals surface area contributed by atoms with Crippen LogP contribution >= 0.6 is 12.2 Å². The molecule has 0 saturated heterocycles. The summed E-state index contributed by atoms with van der Waals surface area (Å²) in [5, 5.41) is 2.66. The molecular formula is C20H22F3NO2S. The minimum atomic E-state index is -4.51. The molecule has 146 valence electrons. The van der Waals surface area contributed by atoms with E-state index in [9.17, 15) is 13.2 Å². The molecule has 7 heteroatoms. The highest BCUT2D eigenvalue weighted by molar-refractivity contribution is 7.80. The van der Waals surface area contributed by atoms with E-state index in [0.29, 0.717) is 5.75 Å². The largest absolute Gasteiger partial charge is 0.489 e. The Labute approximate surface area is 162 Å². The monoisotopic (exact) mass is 397 g/mol. The van der Waals surface area contributed by atoms with Crippen LogP contribution in [0.25, 0.3) is 0 Å². The van der Waals surface area contributed by atoms with Crippen molar-refractivity contribution in [2.24, 2.45) is 0 Å². The molecule has 0 aliphatic carbocycles. The predicted molar refractivity (Wildman–Crippen MR) is 104 cm³/mol. The normalized spacial score (nSPS) is 11.2. The van der Waals surface area contributed by atoms with Crippen molar-refractivity contribution in [1.82, 2.24) is 0 Å².